The van der Waals surface area contributed by atoms with Gasteiger partial charge in [0.25, 0.3) is 17.4 Å². The Balaban J connectivity index is 1.58. The fourth-order valence-corrected chi connectivity index (χ4v) is 2.95. The van der Waals surface area contributed by atoms with Crippen molar-refractivity contribution < 1.29 is 9.59 Å². The summed E-state index contributed by atoms with van der Waals surface area (Å²) < 4.78 is 0. The number of benzene rings is 1. The molecule has 1 aliphatic heterocycles. The minimum absolute atomic E-state index is 0.0393. The van der Waals surface area contributed by atoms with Crippen molar-refractivity contribution in [2.24, 2.45) is 5.92 Å². The van der Waals surface area contributed by atoms with E-state index in [-0.39, 0.29) is 23.2 Å². The Kier molecular flexibility index (Phi) is 4.87. The molecule has 3 rings (SSSR count). The normalized spacial score (nSPS) is 16.5. The van der Waals surface area contributed by atoms with Crippen LogP contribution in [-0.2, 0) is 0 Å². The first-order valence-electron chi connectivity index (χ1n) is 8.20. The van der Waals surface area contributed by atoms with Crippen LogP contribution in [0.1, 0.15) is 27.3 Å². The van der Waals surface area contributed by atoms with Gasteiger partial charge in [0.1, 0.15) is 11.4 Å². The highest BCUT2D eigenvalue weighted by molar-refractivity contribution is 5.96. The molecule has 0 spiro atoms. The number of nitrogens with two attached hydrogens (primary N) is 1. The van der Waals surface area contributed by atoms with Gasteiger partial charge < -0.3 is 20.9 Å². The van der Waals surface area contributed by atoms with Gasteiger partial charge in [-0.3, -0.25) is 19.4 Å². The second kappa shape index (κ2) is 7.26. The van der Waals surface area contributed by atoms with Crippen LogP contribution in [0.25, 0.3) is 0 Å². The monoisotopic (exact) mass is 357 g/mol. The van der Waals surface area contributed by atoms with E-state index in [4.69, 9.17) is 5.73 Å². The number of hydrogen-bond acceptors (Lipinski definition) is 5. The Bertz CT molecular complexity index is 934. The maximum atomic E-state index is 12.4. The third kappa shape index (κ3) is 3.66. The third-order valence-corrected chi connectivity index (χ3v) is 4.35. The highest BCUT2D eigenvalue weighted by atomic mass is 16.2. The zero-order valence-electron chi connectivity index (χ0n) is 14.0. The second-order valence-electron chi connectivity index (χ2n) is 6.18. The van der Waals surface area contributed by atoms with Gasteiger partial charge in [-0.1, -0.05) is 18.2 Å². The molecule has 9 nitrogen and oxygen atoms in total. The highest BCUT2D eigenvalue weighted by Crippen LogP contribution is 2.18. The van der Waals surface area contributed by atoms with Crippen molar-refractivity contribution in [3.63, 3.8) is 0 Å². The van der Waals surface area contributed by atoms with Crippen LogP contribution < -0.4 is 22.3 Å². The van der Waals surface area contributed by atoms with Gasteiger partial charge in [0.2, 0.25) is 0 Å². The Morgan fingerprint density at radius 3 is 2.65 bits per heavy atom. The number of rotatable bonds is 4. The molecule has 1 aromatic heterocycles. The molecule has 1 unspecified atom stereocenters. The van der Waals surface area contributed by atoms with Crippen LogP contribution >= 0.6 is 0 Å². The van der Waals surface area contributed by atoms with Gasteiger partial charge in [-0.05, 0) is 24.5 Å². The number of likely N-dealkylation sites (tertiary alicyclic amines) is 1. The summed E-state index contributed by atoms with van der Waals surface area (Å²) in [4.78, 5) is 53.3. The van der Waals surface area contributed by atoms with E-state index in [1.165, 1.54) is 0 Å². The molecule has 1 aromatic carbocycles. The molecule has 5 N–H and O–H groups in total. The summed E-state index contributed by atoms with van der Waals surface area (Å²) in [6.45, 7) is 1.44. The number of amides is 2. The molecule has 1 aliphatic rings. The van der Waals surface area contributed by atoms with Crippen LogP contribution in [0, 0.1) is 5.92 Å². The predicted molar refractivity (Wildman–Crippen MR) is 94.9 cm³/mol. The first-order valence-corrected chi connectivity index (χ1v) is 8.20. The molecule has 2 amide bonds. The van der Waals surface area contributed by atoms with Gasteiger partial charge >= 0.3 is 5.69 Å². The first-order chi connectivity index (χ1) is 12.5. The molecular weight excluding hydrogens is 338 g/mol. The summed E-state index contributed by atoms with van der Waals surface area (Å²) in [6.07, 6.45) is 0.750. The Hall–Kier alpha value is -3.36. The lowest BCUT2D eigenvalue weighted by Gasteiger charge is -2.17. The summed E-state index contributed by atoms with van der Waals surface area (Å²) in [5.74, 6) is -0.581. The van der Waals surface area contributed by atoms with Crippen LogP contribution in [0.5, 0.6) is 0 Å². The Morgan fingerprint density at radius 2 is 1.92 bits per heavy atom. The first kappa shape index (κ1) is 17.5. The van der Waals surface area contributed by atoms with E-state index >= 15 is 0 Å². The maximum Gasteiger partial charge on any atom is 0.326 e. The summed E-state index contributed by atoms with van der Waals surface area (Å²) >= 11 is 0. The van der Waals surface area contributed by atoms with Gasteiger partial charge in [0.15, 0.2) is 0 Å². The molecule has 0 aliphatic carbocycles. The van der Waals surface area contributed by atoms with Gasteiger partial charge in [-0.15, -0.1) is 0 Å². The summed E-state index contributed by atoms with van der Waals surface area (Å²) in [7, 11) is 0. The average molecular weight is 357 g/mol. The SMILES string of the molecule is Nc1c(C(=O)NCC2CCN(C(=O)c3ccccc3)C2)[nH]c(=O)[nH]c1=O. The summed E-state index contributed by atoms with van der Waals surface area (Å²) in [5, 5.41) is 2.66. The van der Waals surface area contributed by atoms with E-state index in [0.717, 1.165) is 6.42 Å². The van der Waals surface area contributed by atoms with Crippen molar-refractivity contribution >= 4 is 17.5 Å². The standard InChI is InChI=1S/C17H19N5O4/c18-12-13(20-17(26)21-14(12)23)15(24)19-8-10-6-7-22(9-10)16(25)11-4-2-1-3-5-11/h1-5,10H,6-9,18H2,(H,19,24)(H2,20,21,23,26). The van der Waals surface area contributed by atoms with Gasteiger partial charge in [-0.25, -0.2) is 4.79 Å². The molecule has 9 heteroatoms. The van der Waals surface area contributed by atoms with Gasteiger partial charge in [0, 0.05) is 25.2 Å². The molecule has 1 atom stereocenters. The lowest BCUT2D eigenvalue weighted by atomic mass is 10.1. The molecule has 1 saturated heterocycles. The molecule has 26 heavy (non-hydrogen) atoms. The minimum atomic E-state index is -0.806. The van der Waals surface area contributed by atoms with E-state index in [2.05, 4.69) is 10.3 Å². The van der Waals surface area contributed by atoms with Crippen molar-refractivity contribution in [2.45, 2.75) is 6.42 Å². The lowest BCUT2D eigenvalue weighted by Crippen LogP contribution is -2.36. The topological polar surface area (TPSA) is 141 Å². The van der Waals surface area contributed by atoms with Crippen LogP contribution in [0.4, 0.5) is 5.69 Å². The van der Waals surface area contributed by atoms with E-state index in [1.807, 2.05) is 23.2 Å². The summed E-state index contributed by atoms with van der Waals surface area (Å²) in [6, 6.07) is 9.01. The Morgan fingerprint density at radius 1 is 1.19 bits per heavy atom. The van der Waals surface area contributed by atoms with Gasteiger partial charge in [0.05, 0.1) is 0 Å². The van der Waals surface area contributed by atoms with Gasteiger partial charge in [-0.2, -0.15) is 0 Å². The smallest absolute Gasteiger partial charge is 0.326 e. The number of anilines is 1. The number of H-pyrrole nitrogens is 2. The number of nitrogens with one attached hydrogen (secondary N) is 3. The fraction of sp³-hybridized carbons (Fsp3) is 0.294. The zero-order valence-corrected chi connectivity index (χ0v) is 14.0. The lowest BCUT2D eigenvalue weighted by molar-refractivity contribution is 0.0787. The van der Waals surface area contributed by atoms with E-state index in [0.29, 0.717) is 25.2 Å². The molecule has 0 bridgehead atoms. The van der Waals surface area contributed by atoms with Crippen molar-refractivity contribution in [1.29, 1.82) is 0 Å². The van der Waals surface area contributed by atoms with Crippen molar-refractivity contribution in [2.75, 3.05) is 25.4 Å². The fourth-order valence-electron chi connectivity index (χ4n) is 2.95. The molecule has 1 fully saturated rings. The van der Waals surface area contributed by atoms with Crippen molar-refractivity contribution in [1.82, 2.24) is 20.2 Å². The van der Waals surface area contributed by atoms with Crippen LogP contribution in [0.2, 0.25) is 0 Å². The molecule has 2 aromatic rings. The number of carbonyl (C=O) groups is 2. The Labute approximate surface area is 148 Å². The number of nitrogens with zero attached hydrogens (tertiary/aromatic N) is 1. The average Bonchev–Trinajstić information content (AvgIpc) is 3.11. The molecule has 2 heterocycles. The van der Waals surface area contributed by atoms with Crippen LogP contribution in [0.3, 0.4) is 0 Å². The van der Waals surface area contributed by atoms with E-state index in [1.54, 1.807) is 17.0 Å². The van der Waals surface area contributed by atoms with Crippen LogP contribution in [-0.4, -0.2) is 46.3 Å². The van der Waals surface area contributed by atoms with Crippen molar-refractivity contribution in [3.05, 3.63) is 62.4 Å². The number of hydrogen-bond donors (Lipinski definition) is 4. The van der Waals surface area contributed by atoms with E-state index in [9.17, 15) is 19.2 Å². The quantitative estimate of drug-likeness (QED) is 0.586. The molecular formula is C17H19N5O4. The number of aromatic amines is 2. The highest BCUT2D eigenvalue weighted by Gasteiger charge is 2.27. The predicted octanol–water partition coefficient (Wildman–Crippen LogP) is -0.462. The minimum Gasteiger partial charge on any atom is -0.392 e. The summed E-state index contributed by atoms with van der Waals surface area (Å²) in [5.41, 5.74) is 3.97. The third-order valence-electron chi connectivity index (χ3n) is 4.35. The maximum absolute atomic E-state index is 12.4. The number of carbonyl (C=O) groups excluding carboxylic acids is 2. The number of aromatic nitrogens is 2. The molecule has 0 saturated carbocycles. The van der Waals surface area contributed by atoms with E-state index < -0.39 is 17.2 Å². The van der Waals surface area contributed by atoms with Crippen molar-refractivity contribution in [3.8, 4) is 0 Å². The molecule has 0 radical (unpaired) electrons. The van der Waals surface area contributed by atoms with Crippen LogP contribution in [0.15, 0.2) is 39.9 Å². The second-order valence-corrected chi connectivity index (χ2v) is 6.18. The zero-order chi connectivity index (χ0) is 18.7. The molecule has 136 valence electrons. The number of nitrogen functional groups attached to an aromatic ring is 1. The largest absolute Gasteiger partial charge is 0.392 e.